The van der Waals surface area contributed by atoms with Gasteiger partial charge in [-0.3, -0.25) is 0 Å². The molecule has 2 aromatic carbocycles. The van der Waals surface area contributed by atoms with Crippen molar-refractivity contribution in [2.45, 2.75) is 16.9 Å². The Balaban J connectivity index is 2.05. The van der Waals surface area contributed by atoms with Crippen LogP contribution in [-0.2, 0) is 11.5 Å². The first-order chi connectivity index (χ1) is 8.70. The van der Waals surface area contributed by atoms with Gasteiger partial charge in [0.15, 0.2) is 0 Å². The van der Waals surface area contributed by atoms with Crippen LogP contribution in [0.5, 0.6) is 5.75 Å². The highest BCUT2D eigenvalue weighted by Crippen LogP contribution is 2.44. The standard InChI is InChI=1S/C15H12Cl2O/c16-14-10-11-6-4-5-9-13(11)18-15(14,17)12-7-2-1-3-8-12/h1-9,14H,10H2. The first-order valence-electron chi connectivity index (χ1n) is 5.85. The van der Waals surface area contributed by atoms with E-state index in [1.807, 2.05) is 54.6 Å². The van der Waals surface area contributed by atoms with E-state index in [9.17, 15) is 0 Å². The second-order valence-electron chi connectivity index (χ2n) is 4.39. The molecule has 3 heteroatoms. The Bertz CT molecular complexity index is 555. The molecule has 1 aliphatic heterocycles. The SMILES string of the molecule is ClC1Cc2ccccc2OC1(Cl)c1ccccc1. The summed E-state index contributed by atoms with van der Waals surface area (Å²) in [7, 11) is 0. The van der Waals surface area contributed by atoms with E-state index < -0.39 is 5.06 Å². The van der Waals surface area contributed by atoms with E-state index in [4.69, 9.17) is 27.9 Å². The van der Waals surface area contributed by atoms with Gasteiger partial charge in [0.2, 0.25) is 5.06 Å². The van der Waals surface area contributed by atoms with Gasteiger partial charge < -0.3 is 4.74 Å². The fourth-order valence-electron chi connectivity index (χ4n) is 2.23. The van der Waals surface area contributed by atoms with E-state index in [1.54, 1.807) is 0 Å². The molecular formula is C15H12Cl2O. The minimum atomic E-state index is -0.989. The van der Waals surface area contributed by atoms with Crippen LogP contribution in [0.1, 0.15) is 11.1 Å². The van der Waals surface area contributed by atoms with Crippen LogP contribution in [-0.4, -0.2) is 5.38 Å². The Labute approximate surface area is 116 Å². The molecule has 0 amide bonds. The zero-order valence-electron chi connectivity index (χ0n) is 9.64. The Morgan fingerprint density at radius 3 is 2.44 bits per heavy atom. The number of hydrogen-bond acceptors (Lipinski definition) is 1. The van der Waals surface area contributed by atoms with E-state index >= 15 is 0 Å². The highest BCUT2D eigenvalue weighted by atomic mass is 35.5. The lowest BCUT2D eigenvalue weighted by atomic mass is 9.96. The maximum absolute atomic E-state index is 6.62. The van der Waals surface area contributed by atoms with Crippen molar-refractivity contribution in [1.29, 1.82) is 0 Å². The number of ether oxygens (including phenoxy) is 1. The minimum Gasteiger partial charge on any atom is -0.466 e. The van der Waals surface area contributed by atoms with Crippen molar-refractivity contribution in [1.82, 2.24) is 0 Å². The van der Waals surface area contributed by atoms with Gasteiger partial charge in [-0.15, -0.1) is 11.6 Å². The molecule has 1 heterocycles. The van der Waals surface area contributed by atoms with E-state index in [0.717, 1.165) is 16.9 Å². The second-order valence-corrected chi connectivity index (χ2v) is 5.48. The fraction of sp³-hybridized carbons (Fsp3) is 0.200. The third kappa shape index (κ3) is 1.88. The third-order valence-corrected chi connectivity index (χ3v) is 4.33. The average molecular weight is 279 g/mol. The molecule has 0 radical (unpaired) electrons. The summed E-state index contributed by atoms with van der Waals surface area (Å²) in [5.74, 6) is 0.813. The molecule has 2 unspecified atom stereocenters. The Morgan fingerprint density at radius 1 is 1.00 bits per heavy atom. The normalized spacial score (nSPS) is 26.2. The predicted molar refractivity (Wildman–Crippen MR) is 74.4 cm³/mol. The largest absolute Gasteiger partial charge is 0.466 e. The summed E-state index contributed by atoms with van der Waals surface area (Å²) < 4.78 is 5.95. The number of para-hydroxylation sites is 1. The Kier molecular flexibility index (Phi) is 2.96. The van der Waals surface area contributed by atoms with Gasteiger partial charge in [0.25, 0.3) is 0 Å². The second kappa shape index (κ2) is 4.49. The Hall–Kier alpha value is -1.18. The highest BCUT2D eigenvalue weighted by molar-refractivity contribution is 6.32. The van der Waals surface area contributed by atoms with Crippen molar-refractivity contribution < 1.29 is 4.74 Å². The monoisotopic (exact) mass is 278 g/mol. The summed E-state index contributed by atoms with van der Waals surface area (Å²) in [6.45, 7) is 0. The van der Waals surface area contributed by atoms with Gasteiger partial charge in [-0.25, -0.2) is 0 Å². The molecule has 0 aromatic heterocycles. The van der Waals surface area contributed by atoms with Crippen molar-refractivity contribution in [3.8, 4) is 5.75 Å². The van der Waals surface area contributed by atoms with Gasteiger partial charge in [0, 0.05) is 5.56 Å². The molecule has 0 N–H and O–H groups in total. The van der Waals surface area contributed by atoms with E-state index in [1.165, 1.54) is 0 Å². The van der Waals surface area contributed by atoms with Gasteiger partial charge in [-0.1, -0.05) is 60.1 Å². The number of alkyl halides is 2. The van der Waals surface area contributed by atoms with Crippen LogP contribution in [0.2, 0.25) is 0 Å². The smallest absolute Gasteiger partial charge is 0.224 e. The topological polar surface area (TPSA) is 9.23 Å². The summed E-state index contributed by atoms with van der Waals surface area (Å²) in [5.41, 5.74) is 1.99. The molecule has 2 aromatic rings. The molecule has 1 nitrogen and oxygen atoms in total. The molecule has 18 heavy (non-hydrogen) atoms. The maximum Gasteiger partial charge on any atom is 0.224 e. The van der Waals surface area contributed by atoms with Crippen LogP contribution < -0.4 is 4.74 Å². The molecule has 1 aliphatic rings. The summed E-state index contributed by atoms with van der Waals surface area (Å²) >= 11 is 13.1. The van der Waals surface area contributed by atoms with Crippen molar-refractivity contribution >= 4 is 23.2 Å². The molecule has 0 aliphatic carbocycles. The van der Waals surface area contributed by atoms with E-state index in [0.29, 0.717) is 6.42 Å². The quantitative estimate of drug-likeness (QED) is 0.706. The number of fused-ring (bicyclic) bond motifs is 1. The molecular weight excluding hydrogens is 267 g/mol. The number of rotatable bonds is 1. The molecule has 0 saturated heterocycles. The van der Waals surface area contributed by atoms with Gasteiger partial charge in [-0.2, -0.15) is 0 Å². The molecule has 3 rings (SSSR count). The van der Waals surface area contributed by atoms with Gasteiger partial charge >= 0.3 is 0 Å². The molecule has 0 saturated carbocycles. The van der Waals surface area contributed by atoms with Gasteiger partial charge in [-0.05, 0) is 18.1 Å². The number of halogens is 2. The lowest BCUT2D eigenvalue weighted by molar-refractivity contribution is 0.135. The molecule has 2 atom stereocenters. The zero-order chi connectivity index (χ0) is 12.6. The number of benzene rings is 2. The van der Waals surface area contributed by atoms with Crippen molar-refractivity contribution in [3.63, 3.8) is 0 Å². The fourth-order valence-corrected chi connectivity index (χ4v) is 2.85. The molecule has 92 valence electrons. The summed E-state index contributed by atoms with van der Waals surface area (Å²) in [6.07, 6.45) is 0.704. The summed E-state index contributed by atoms with van der Waals surface area (Å²) in [5, 5.41) is -1.28. The van der Waals surface area contributed by atoms with Crippen LogP contribution in [0, 0.1) is 0 Å². The summed E-state index contributed by atoms with van der Waals surface area (Å²) in [6, 6.07) is 17.6. The highest BCUT2D eigenvalue weighted by Gasteiger charge is 2.43. The van der Waals surface area contributed by atoms with Crippen LogP contribution in [0.4, 0.5) is 0 Å². The summed E-state index contributed by atoms with van der Waals surface area (Å²) in [4.78, 5) is 0. The van der Waals surface area contributed by atoms with Gasteiger partial charge in [0.1, 0.15) is 5.75 Å². The first-order valence-corrected chi connectivity index (χ1v) is 6.67. The van der Waals surface area contributed by atoms with E-state index in [2.05, 4.69) is 0 Å². The van der Waals surface area contributed by atoms with Crippen LogP contribution in [0.25, 0.3) is 0 Å². The average Bonchev–Trinajstić information content (AvgIpc) is 2.41. The van der Waals surface area contributed by atoms with E-state index in [-0.39, 0.29) is 5.38 Å². The Morgan fingerprint density at radius 2 is 1.67 bits per heavy atom. The lowest BCUT2D eigenvalue weighted by Crippen LogP contribution is -2.41. The number of hydrogen-bond donors (Lipinski definition) is 0. The van der Waals surface area contributed by atoms with Crippen molar-refractivity contribution in [3.05, 3.63) is 65.7 Å². The molecule has 0 spiro atoms. The van der Waals surface area contributed by atoms with Crippen LogP contribution in [0.3, 0.4) is 0 Å². The lowest BCUT2D eigenvalue weighted by Gasteiger charge is -2.37. The maximum atomic E-state index is 6.62. The van der Waals surface area contributed by atoms with Crippen LogP contribution >= 0.6 is 23.2 Å². The van der Waals surface area contributed by atoms with Crippen molar-refractivity contribution in [2.24, 2.45) is 0 Å². The van der Waals surface area contributed by atoms with Gasteiger partial charge in [0.05, 0.1) is 5.38 Å². The third-order valence-electron chi connectivity index (χ3n) is 3.20. The predicted octanol–water partition coefficient (Wildman–Crippen LogP) is 4.32. The van der Waals surface area contributed by atoms with Crippen molar-refractivity contribution in [2.75, 3.05) is 0 Å². The molecule has 0 fully saturated rings. The van der Waals surface area contributed by atoms with Crippen LogP contribution in [0.15, 0.2) is 54.6 Å². The molecule has 0 bridgehead atoms. The minimum absolute atomic E-state index is 0.295. The first kappa shape index (κ1) is 11.9. The zero-order valence-corrected chi connectivity index (χ0v) is 11.2.